The second kappa shape index (κ2) is 3.30. The number of ether oxygens (including phenoxy) is 1. The van der Waals surface area contributed by atoms with Crippen LogP contribution in [0.2, 0.25) is 0 Å². The first-order valence-corrected chi connectivity index (χ1v) is 4.04. The van der Waals surface area contributed by atoms with Crippen LogP contribution < -0.4 is 5.32 Å². The highest BCUT2D eigenvalue weighted by Gasteiger charge is 2.06. The molecule has 62 valence electrons. The molecule has 0 aromatic rings. The normalized spacial score (nSPS) is 26.0. The van der Waals surface area contributed by atoms with Gasteiger partial charge >= 0.3 is 0 Å². The first kappa shape index (κ1) is 7.22. The summed E-state index contributed by atoms with van der Waals surface area (Å²) in [4.78, 5) is 0. The van der Waals surface area contributed by atoms with Crippen molar-refractivity contribution in [1.29, 1.82) is 0 Å². The van der Waals surface area contributed by atoms with Crippen LogP contribution in [-0.4, -0.2) is 13.2 Å². The van der Waals surface area contributed by atoms with Gasteiger partial charge in [-0.05, 0) is 11.6 Å². The number of dihydropyridines is 1. The Hall–Kier alpha value is -1.44. The molecule has 12 heavy (non-hydrogen) atoms. The molecule has 2 nitrogen and oxygen atoms in total. The van der Waals surface area contributed by atoms with Crippen molar-refractivity contribution in [3.8, 4) is 0 Å². The average molecular weight is 161 g/mol. The van der Waals surface area contributed by atoms with Crippen molar-refractivity contribution in [2.45, 2.75) is 0 Å². The SMILES string of the molecule is C1=C2/C=C\C=C/OCC2=CNC1. The monoisotopic (exact) mass is 161 g/mol. The third kappa shape index (κ3) is 1.42. The highest BCUT2D eigenvalue weighted by Crippen LogP contribution is 2.15. The second-order valence-corrected chi connectivity index (χ2v) is 2.74. The zero-order valence-electron chi connectivity index (χ0n) is 6.79. The molecule has 0 aromatic carbocycles. The molecule has 0 aliphatic carbocycles. The zero-order chi connectivity index (χ0) is 8.23. The van der Waals surface area contributed by atoms with E-state index in [1.54, 1.807) is 6.26 Å². The van der Waals surface area contributed by atoms with E-state index in [-0.39, 0.29) is 0 Å². The van der Waals surface area contributed by atoms with E-state index in [4.69, 9.17) is 4.74 Å². The molecule has 0 spiro atoms. The molecule has 1 N–H and O–H groups in total. The summed E-state index contributed by atoms with van der Waals surface area (Å²) in [6, 6.07) is 0. The van der Waals surface area contributed by atoms with Crippen molar-refractivity contribution in [2.75, 3.05) is 13.2 Å². The van der Waals surface area contributed by atoms with Gasteiger partial charge in [-0.25, -0.2) is 0 Å². The predicted octanol–water partition coefficient (Wildman–Crippen LogP) is 1.50. The van der Waals surface area contributed by atoms with Gasteiger partial charge in [0.1, 0.15) is 6.61 Å². The summed E-state index contributed by atoms with van der Waals surface area (Å²) in [6.45, 7) is 1.56. The van der Waals surface area contributed by atoms with Crippen LogP contribution in [0, 0.1) is 0 Å². The summed E-state index contributed by atoms with van der Waals surface area (Å²) in [6.07, 6.45) is 11.9. The fraction of sp³-hybridized carbons (Fsp3) is 0.200. The van der Waals surface area contributed by atoms with Gasteiger partial charge in [-0.1, -0.05) is 18.2 Å². The quantitative estimate of drug-likeness (QED) is 0.581. The van der Waals surface area contributed by atoms with Gasteiger partial charge in [0.25, 0.3) is 0 Å². The van der Waals surface area contributed by atoms with Crippen molar-refractivity contribution in [3.63, 3.8) is 0 Å². The highest BCUT2D eigenvalue weighted by molar-refractivity contribution is 5.43. The third-order valence-electron chi connectivity index (χ3n) is 1.89. The van der Waals surface area contributed by atoms with Crippen molar-refractivity contribution < 1.29 is 4.74 Å². The van der Waals surface area contributed by atoms with Crippen LogP contribution in [-0.2, 0) is 4.74 Å². The van der Waals surface area contributed by atoms with E-state index in [0.29, 0.717) is 6.61 Å². The van der Waals surface area contributed by atoms with Gasteiger partial charge in [0.2, 0.25) is 0 Å². The molecule has 0 saturated heterocycles. The number of nitrogens with one attached hydrogen (secondary N) is 1. The maximum absolute atomic E-state index is 5.26. The smallest absolute Gasteiger partial charge is 0.114 e. The van der Waals surface area contributed by atoms with Crippen molar-refractivity contribution in [1.82, 2.24) is 5.32 Å². The van der Waals surface area contributed by atoms with E-state index in [0.717, 1.165) is 6.54 Å². The van der Waals surface area contributed by atoms with E-state index >= 15 is 0 Å². The molecule has 2 heteroatoms. The lowest BCUT2D eigenvalue weighted by molar-refractivity contribution is 0.281. The molecular weight excluding hydrogens is 150 g/mol. The summed E-state index contributed by atoms with van der Waals surface area (Å²) < 4.78 is 5.26. The third-order valence-corrected chi connectivity index (χ3v) is 1.89. The van der Waals surface area contributed by atoms with Crippen LogP contribution in [0.25, 0.3) is 0 Å². The van der Waals surface area contributed by atoms with Crippen LogP contribution >= 0.6 is 0 Å². The Morgan fingerprint density at radius 2 is 2.33 bits per heavy atom. The van der Waals surface area contributed by atoms with E-state index in [1.807, 2.05) is 18.4 Å². The van der Waals surface area contributed by atoms with Gasteiger partial charge in [0, 0.05) is 18.3 Å². The molecular formula is C10H11NO. The minimum atomic E-state index is 0.652. The van der Waals surface area contributed by atoms with Crippen molar-refractivity contribution >= 4 is 0 Å². The Labute approximate surface area is 71.9 Å². The molecule has 2 rings (SSSR count). The topological polar surface area (TPSA) is 21.3 Å². The summed E-state index contributed by atoms with van der Waals surface area (Å²) >= 11 is 0. The summed E-state index contributed by atoms with van der Waals surface area (Å²) in [7, 11) is 0. The van der Waals surface area contributed by atoms with Gasteiger partial charge in [-0.3, -0.25) is 0 Å². The minimum absolute atomic E-state index is 0.652. The molecule has 0 radical (unpaired) electrons. The van der Waals surface area contributed by atoms with Crippen LogP contribution in [0.15, 0.2) is 47.9 Å². The number of hydrogen-bond acceptors (Lipinski definition) is 2. The standard InChI is InChI=1S/C10H11NO/c1-2-6-12-8-10-7-11-5-4-9(10)3-1/h1-4,6-7,11H,5,8H2/b3-1-,6-2-. The Morgan fingerprint density at radius 1 is 1.33 bits per heavy atom. The Morgan fingerprint density at radius 3 is 3.33 bits per heavy atom. The maximum atomic E-state index is 5.26. The molecule has 0 fully saturated rings. The Bertz CT molecular complexity index is 284. The first-order chi connectivity index (χ1) is 5.97. The fourth-order valence-electron chi connectivity index (χ4n) is 1.26. The van der Waals surface area contributed by atoms with Crippen molar-refractivity contribution in [3.05, 3.63) is 47.9 Å². The second-order valence-electron chi connectivity index (χ2n) is 2.74. The highest BCUT2D eigenvalue weighted by atomic mass is 16.5. The molecule has 0 unspecified atom stereocenters. The van der Waals surface area contributed by atoms with Crippen LogP contribution in [0.3, 0.4) is 0 Å². The molecule has 0 atom stereocenters. The number of allylic oxidation sites excluding steroid dienone is 3. The number of rotatable bonds is 0. The van der Waals surface area contributed by atoms with E-state index < -0.39 is 0 Å². The fourth-order valence-corrected chi connectivity index (χ4v) is 1.26. The predicted molar refractivity (Wildman–Crippen MR) is 48.4 cm³/mol. The molecule has 0 aromatic heterocycles. The summed E-state index contributed by atoms with van der Waals surface area (Å²) in [5.74, 6) is 0. The molecule has 2 aliphatic rings. The van der Waals surface area contributed by atoms with Crippen LogP contribution in [0.5, 0.6) is 0 Å². The average Bonchev–Trinajstić information content (AvgIpc) is 2.06. The number of fused-ring (bicyclic) bond motifs is 1. The summed E-state index contributed by atoms with van der Waals surface area (Å²) in [5, 5.41) is 3.16. The molecule has 0 bridgehead atoms. The first-order valence-electron chi connectivity index (χ1n) is 4.04. The summed E-state index contributed by atoms with van der Waals surface area (Å²) in [5.41, 5.74) is 2.47. The molecule has 2 aliphatic heterocycles. The minimum Gasteiger partial charge on any atom is -0.496 e. The lowest BCUT2D eigenvalue weighted by Gasteiger charge is -2.15. The Kier molecular flexibility index (Phi) is 1.99. The van der Waals surface area contributed by atoms with Crippen molar-refractivity contribution in [2.24, 2.45) is 0 Å². The number of hydrogen-bond donors (Lipinski definition) is 1. The van der Waals surface area contributed by atoms with Gasteiger partial charge in [-0.2, -0.15) is 0 Å². The van der Waals surface area contributed by atoms with Crippen LogP contribution in [0.1, 0.15) is 0 Å². The van der Waals surface area contributed by atoms with Gasteiger partial charge in [-0.15, -0.1) is 0 Å². The zero-order valence-corrected chi connectivity index (χ0v) is 6.79. The largest absolute Gasteiger partial charge is 0.496 e. The molecule has 0 amide bonds. The van der Waals surface area contributed by atoms with E-state index in [1.165, 1.54) is 11.1 Å². The lowest BCUT2D eigenvalue weighted by atomic mass is 10.0. The Balaban J connectivity index is 2.27. The molecule has 2 heterocycles. The van der Waals surface area contributed by atoms with E-state index in [9.17, 15) is 0 Å². The van der Waals surface area contributed by atoms with Gasteiger partial charge in [0.05, 0.1) is 6.26 Å². The van der Waals surface area contributed by atoms with Gasteiger partial charge < -0.3 is 10.1 Å². The van der Waals surface area contributed by atoms with Gasteiger partial charge in [0.15, 0.2) is 0 Å². The molecule has 0 saturated carbocycles. The van der Waals surface area contributed by atoms with Crippen LogP contribution in [0.4, 0.5) is 0 Å². The lowest BCUT2D eigenvalue weighted by Crippen LogP contribution is -2.14. The van der Waals surface area contributed by atoms with E-state index in [2.05, 4.69) is 17.5 Å². The maximum Gasteiger partial charge on any atom is 0.114 e.